The lowest BCUT2D eigenvalue weighted by Gasteiger charge is -2.23. The third kappa shape index (κ3) is 3.11. The van der Waals surface area contributed by atoms with Crippen molar-refractivity contribution in [2.24, 2.45) is 0 Å². The topological polar surface area (TPSA) is 58.1 Å². The molecule has 1 amide bonds. The second kappa shape index (κ2) is 6.47. The van der Waals surface area contributed by atoms with E-state index in [0.717, 1.165) is 17.9 Å². The Morgan fingerprint density at radius 3 is 2.76 bits per heavy atom. The minimum atomic E-state index is -0.0441. The Balaban J connectivity index is 1.62. The molecule has 130 valence electrons. The number of rotatable bonds is 3. The molecule has 1 unspecified atom stereocenters. The molecule has 1 aromatic heterocycles. The highest BCUT2D eigenvalue weighted by Crippen LogP contribution is 2.33. The van der Waals surface area contributed by atoms with Crippen LogP contribution in [0.1, 0.15) is 54.5 Å². The lowest BCUT2D eigenvalue weighted by atomic mass is 10.1. The average molecular weight is 336 g/mol. The normalized spacial score (nSPS) is 19.9. The number of aromatic nitrogens is 2. The summed E-state index contributed by atoms with van der Waals surface area (Å²) in [6.45, 7) is 3.93. The number of hydrogen-bond donors (Lipinski definition) is 1. The third-order valence-electron chi connectivity index (χ3n) is 5.19. The number of anilines is 2. The van der Waals surface area contributed by atoms with Crippen LogP contribution in [-0.4, -0.2) is 28.0 Å². The monoisotopic (exact) mass is 336 g/mol. The summed E-state index contributed by atoms with van der Waals surface area (Å²) >= 11 is 0. The molecule has 0 saturated heterocycles. The Bertz CT molecular complexity index is 798. The summed E-state index contributed by atoms with van der Waals surface area (Å²) in [6.07, 6.45) is 5.75. The lowest BCUT2D eigenvalue weighted by Crippen LogP contribution is -2.36. The second-order valence-electron chi connectivity index (χ2n) is 7.17. The van der Waals surface area contributed by atoms with Gasteiger partial charge in [0.1, 0.15) is 17.3 Å². The van der Waals surface area contributed by atoms with Crippen molar-refractivity contribution in [1.29, 1.82) is 0 Å². The summed E-state index contributed by atoms with van der Waals surface area (Å²) in [4.78, 5) is 23.9. The minimum Gasteiger partial charge on any atom is -0.367 e. The van der Waals surface area contributed by atoms with E-state index in [4.69, 9.17) is 0 Å². The van der Waals surface area contributed by atoms with E-state index in [9.17, 15) is 4.79 Å². The molecule has 25 heavy (non-hydrogen) atoms. The molecule has 1 aromatic carbocycles. The number of carbonyl (C=O) groups is 1. The first kappa shape index (κ1) is 16.1. The van der Waals surface area contributed by atoms with Gasteiger partial charge in [0.05, 0.1) is 0 Å². The second-order valence-corrected chi connectivity index (χ2v) is 7.17. The Hall–Kier alpha value is -2.43. The van der Waals surface area contributed by atoms with Gasteiger partial charge in [-0.2, -0.15) is 0 Å². The van der Waals surface area contributed by atoms with Crippen LogP contribution in [0.15, 0.2) is 30.3 Å². The number of nitrogens with one attached hydrogen (secondary N) is 1. The first-order valence-electron chi connectivity index (χ1n) is 9.15. The molecule has 2 aromatic rings. The number of para-hydroxylation sites is 1. The summed E-state index contributed by atoms with van der Waals surface area (Å²) in [5.41, 5.74) is 2.69. The molecule has 5 nitrogen and oxygen atoms in total. The van der Waals surface area contributed by atoms with Crippen molar-refractivity contribution in [3.05, 3.63) is 47.4 Å². The van der Waals surface area contributed by atoms with Gasteiger partial charge in [0.2, 0.25) is 0 Å². The summed E-state index contributed by atoms with van der Waals surface area (Å²) < 4.78 is 0. The minimum absolute atomic E-state index is 0.0441. The molecular formula is C20H24N4O. The van der Waals surface area contributed by atoms with E-state index in [-0.39, 0.29) is 11.9 Å². The van der Waals surface area contributed by atoms with Gasteiger partial charge in [-0.15, -0.1) is 0 Å². The zero-order valence-corrected chi connectivity index (χ0v) is 14.8. The van der Waals surface area contributed by atoms with Crippen LogP contribution in [0.2, 0.25) is 0 Å². The fourth-order valence-corrected chi connectivity index (χ4v) is 4.03. The molecule has 2 heterocycles. The molecule has 1 aliphatic carbocycles. The largest absolute Gasteiger partial charge is 0.367 e. The number of fused-ring (bicyclic) bond motifs is 1. The van der Waals surface area contributed by atoms with Gasteiger partial charge in [0.25, 0.3) is 5.91 Å². The van der Waals surface area contributed by atoms with E-state index in [2.05, 4.69) is 28.3 Å². The molecule has 1 fully saturated rings. The van der Waals surface area contributed by atoms with Gasteiger partial charge < -0.3 is 10.2 Å². The van der Waals surface area contributed by atoms with E-state index >= 15 is 0 Å². The van der Waals surface area contributed by atoms with Crippen LogP contribution in [0, 0.1) is 6.92 Å². The van der Waals surface area contributed by atoms with Gasteiger partial charge in [0.15, 0.2) is 0 Å². The van der Waals surface area contributed by atoms with Gasteiger partial charge in [-0.1, -0.05) is 31.0 Å². The smallest absolute Gasteiger partial charge is 0.277 e. The van der Waals surface area contributed by atoms with Gasteiger partial charge >= 0.3 is 0 Å². The van der Waals surface area contributed by atoms with Crippen molar-refractivity contribution in [3.8, 4) is 0 Å². The molecule has 0 spiro atoms. The maximum atomic E-state index is 13.2. The number of benzene rings is 1. The Morgan fingerprint density at radius 2 is 1.96 bits per heavy atom. The number of aryl methyl sites for hydroxylation is 1. The fraction of sp³-hybridized carbons (Fsp3) is 0.450. The highest BCUT2D eigenvalue weighted by atomic mass is 16.2. The van der Waals surface area contributed by atoms with Gasteiger partial charge in [-0.05, 0) is 44.7 Å². The van der Waals surface area contributed by atoms with E-state index in [1.807, 2.05) is 30.0 Å². The average Bonchev–Trinajstić information content (AvgIpc) is 3.20. The SMILES string of the molecule is Cc1nc(NC2CCCC2)cc(C(=O)N2c3ccccc3CC2C)n1. The van der Waals surface area contributed by atoms with Gasteiger partial charge in [-0.3, -0.25) is 4.79 Å². The highest BCUT2D eigenvalue weighted by molar-refractivity contribution is 6.06. The Labute approximate surface area is 148 Å². The van der Waals surface area contributed by atoms with Crippen LogP contribution < -0.4 is 10.2 Å². The molecule has 4 rings (SSSR count). The van der Waals surface area contributed by atoms with Crippen LogP contribution in [-0.2, 0) is 6.42 Å². The van der Waals surface area contributed by atoms with Crippen molar-refractivity contribution in [1.82, 2.24) is 9.97 Å². The zero-order chi connectivity index (χ0) is 17.4. The Kier molecular flexibility index (Phi) is 4.15. The number of carbonyl (C=O) groups excluding carboxylic acids is 1. The number of hydrogen-bond acceptors (Lipinski definition) is 4. The summed E-state index contributed by atoms with van der Waals surface area (Å²) in [7, 11) is 0. The van der Waals surface area contributed by atoms with Crippen LogP contribution in [0.25, 0.3) is 0 Å². The van der Waals surface area contributed by atoms with E-state index in [1.165, 1.54) is 31.2 Å². The molecule has 1 aliphatic heterocycles. The molecular weight excluding hydrogens is 312 g/mol. The predicted molar refractivity (Wildman–Crippen MR) is 99.1 cm³/mol. The van der Waals surface area contributed by atoms with Crippen molar-refractivity contribution in [2.45, 2.75) is 58.0 Å². The van der Waals surface area contributed by atoms with Crippen molar-refractivity contribution in [3.63, 3.8) is 0 Å². The molecule has 1 saturated carbocycles. The zero-order valence-electron chi connectivity index (χ0n) is 14.8. The molecule has 1 N–H and O–H groups in total. The van der Waals surface area contributed by atoms with Crippen LogP contribution >= 0.6 is 0 Å². The summed E-state index contributed by atoms with van der Waals surface area (Å²) in [5.74, 6) is 1.35. The van der Waals surface area contributed by atoms with Crippen LogP contribution in [0.3, 0.4) is 0 Å². The quantitative estimate of drug-likeness (QED) is 0.928. The molecule has 1 atom stereocenters. The Morgan fingerprint density at radius 1 is 1.20 bits per heavy atom. The fourth-order valence-electron chi connectivity index (χ4n) is 4.03. The van der Waals surface area contributed by atoms with E-state index in [0.29, 0.717) is 17.6 Å². The van der Waals surface area contributed by atoms with Crippen molar-refractivity contribution >= 4 is 17.4 Å². The number of amides is 1. The van der Waals surface area contributed by atoms with Gasteiger partial charge in [0, 0.05) is 23.8 Å². The lowest BCUT2D eigenvalue weighted by molar-refractivity contribution is 0.0976. The first-order chi connectivity index (χ1) is 12.1. The predicted octanol–water partition coefficient (Wildman–Crippen LogP) is 3.73. The van der Waals surface area contributed by atoms with Crippen molar-refractivity contribution < 1.29 is 4.79 Å². The van der Waals surface area contributed by atoms with Crippen LogP contribution in [0.5, 0.6) is 0 Å². The number of nitrogens with zero attached hydrogens (tertiary/aromatic N) is 3. The van der Waals surface area contributed by atoms with E-state index < -0.39 is 0 Å². The molecule has 0 radical (unpaired) electrons. The molecule has 0 bridgehead atoms. The van der Waals surface area contributed by atoms with Gasteiger partial charge in [-0.25, -0.2) is 9.97 Å². The molecule has 5 heteroatoms. The standard InChI is InChI=1S/C20H24N4O/c1-13-11-15-7-3-6-10-18(15)24(13)20(25)17-12-19(22-14(2)21-17)23-16-8-4-5-9-16/h3,6-7,10,12-13,16H,4-5,8-9,11H2,1-2H3,(H,21,22,23). The van der Waals surface area contributed by atoms with Crippen molar-refractivity contribution in [2.75, 3.05) is 10.2 Å². The molecule has 2 aliphatic rings. The maximum absolute atomic E-state index is 13.2. The summed E-state index contributed by atoms with van der Waals surface area (Å²) in [6, 6.07) is 10.5. The maximum Gasteiger partial charge on any atom is 0.277 e. The highest BCUT2D eigenvalue weighted by Gasteiger charge is 2.32. The van der Waals surface area contributed by atoms with Crippen LogP contribution in [0.4, 0.5) is 11.5 Å². The van der Waals surface area contributed by atoms with E-state index in [1.54, 1.807) is 6.07 Å². The first-order valence-corrected chi connectivity index (χ1v) is 9.15. The third-order valence-corrected chi connectivity index (χ3v) is 5.19. The summed E-state index contributed by atoms with van der Waals surface area (Å²) in [5, 5.41) is 3.48.